The van der Waals surface area contributed by atoms with Crippen LogP contribution in [0.3, 0.4) is 0 Å². The van der Waals surface area contributed by atoms with E-state index in [9.17, 15) is 28.8 Å². The predicted molar refractivity (Wildman–Crippen MR) is 154 cm³/mol. The van der Waals surface area contributed by atoms with Crippen LogP contribution in [0.2, 0.25) is 0 Å². The Labute approximate surface area is 247 Å². The predicted octanol–water partition coefficient (Wildman–Crippen LogP) is 1.40. The molecule has 232 valence electrons. The molecule has 0 spiro atoms. The summed E-state index contributed by atoms with van der Waals surface area (Å²) in [7, 11) is 0. The van der Waals surface area contributed by atoms with Crippen LogP contribution in [0.1, 0.15) is 61.3 Å². The molecular formula is C30H45N5O7. The van der Waals surface area contributed by atoms with Gasteiger partial charge in [-0.1, -0.05) is 67.2 Å². The maximum absolute atomic E-state index is 14.1. The first-order valence-electron chi connectivity index (χ1n) is 14.4. The van der Waals surface area contributed by atoms with Crippen molar-refractivity contribution in [2.24, 2.45) is 40.2 Å². The highest BCUT2D eigenvalue weighted by Crippen LogP contribution is 2.65. The number of piperidine rings is 1. The number of nitrogens with two attached hydrogens (primary N) is 1. The number of ether oxygens (including phenoxy) is 1. The van der Waals surface area contributed by atoms with Gasteiger partial charge >= 0.3 is 12.0 Å². The third-order valence-electron chi connectivity index (χ3n) is 8.45. The number of allylic oxidation sites excluding steroid dienone is 1. The van der Waals surface area contributed by atoms with E-state index in [0.29, 0.717) is 6.54 Å². The number of ketones is 1. The molecule has 3 aliphatic rings. The van der Waals surface area contributed by atoms with Crippen molar-refractivity contribution in [3.8, 4) is 0 Å². The van der Waals surface area contributed by atoms with Gasteiger partial charge in [-0.15, -0.1) is 0 Å². The van der Waals surface area contributed by atoms with Crippen LogP contribution in [-0.4, -0.2) is 71.7 Å². The summed E-state index contributed by atoms with van der Waals surface area (Å²) in [4.78, 5) is 78.9. The lowest BCUT2D eigenvalue weighted by Crippen LogP contribution is -2.61. The summed E-state index contributed by atoms with van der Waals surface area (Å²) in [5.74, 6) is -4.19. The number of primary amides is 1. The lowest BCUT2D eigenvalue weighted by Gasteiger charge is -2.37. The average Bonchev–Trinajstić information content (AvgIpc) is 3.74. The maximum Gasteiger partial charge on any atom is 0.329 e. The van der Waals surface area contributed by atoms with E-state index in [2.05, 4.69) is 22.5 Å². The second-order valence-electron chi connectivity index (χ2n) is 13.5. The molecular weight excluding hydrogens is 542 g/mol. The first-order valence-corrected chi connectivity index (χ1v) is 14.4. The maximum atomic E-state index is 14.1. The SMILES string of the molecule is C=CCOC(=O)[C@@H](NC(=O)N[C@H](C(=O)N1C[C@H]2[C@@H]([C@H]1C(=O)N/C(=C/C1CC1)C(=O)C(N)=O)C2(C)C)C(C)(C)C)C(C)C. The van der Waals surface area contributed by atoms with Crippen molar-refractivity contribution in [1.82, 2.24) is 20.9 Å². The quantitative estimate of drug-likeness (QED) is 0.115. The summed E-state index contributed by atoms with van der Waals surface area (Å²) < 4.78 is 5.11. The van der Waals surface area contributed by atoms with Crippen molar-refractivity contribution in [2.75, 3.05) is 13.2 Å². The molecule has 5 atom stereocenters. The first kappa shape index (κ1) is 32.8. The molecule has 0 unspecified atom stereocenters. The Hall–Kier alpha value is -3.70. The molecule has 0 radical (unpaired) electrons. The van der Waals surface area contributed by atoms with Gasteiger partial charge in [0.25, 0.3) is 11.7 Å². The van der Waals surface area contributed by atoms with E-state index >= 15 is 0 Å². The molecule has 1 heterocycles. The second-order valence-corrected chi connectivity index (χ2v) is 13.5. The zero-order valence-electron chi connectivity index (χ0n) is 25.6. The summed E-state index contributed by atoms with van der Waals surface area (Å²) in [5.41, 5.74) is 4.06. The van der Waals surface area contributed by atoms with Crippen molar-refractivity contribution in [1.29, 1.82) is 0 Å². The molecule has 0 aromatic carbocycles. The lowest BCUT2D eigenvalue weighted by atomic mass is 9.85. The molecule has 5 amide bonds. The standard InChI is InChI=1S/C30H45N5O7/c1-9-12-42-27(40)20(15(2)3)33-28(41)34-23(29(4,5)6)26(39)35-14-17-19(30(17,7)8)21(35)25(38)32-18(13-16-10-11-16)22(36)24(31)37/h9,13,15-17,19-21,23H,1,10-12,14H2,2-8H3,(H2,31,37)(H,32,38)(H2,33,34,41)/b18-13+/t17-,19-,20-,21-,23+/m0/s1. The zero-order chi connectivity index (χ0) is 31.7. The van der Waals surface area contributed by atoms with Gasteiger partial charge in [-0.05, 0) is 47.3 Å². The van der Waals surface area contributed by atoms with E-state index in [-0.39, 0.29) is 41.4 Å². The third-order valence-corrected chi connectivity index (χ3v) is 8.45. The van der Waals surface area contributed by atoms with Crippen LogP contribution in [0, 0.1) is 34.5 Å². The highest BCUT2D eigenvalue weighted by atomic mass is 16.5. The number of hydrogen-bond donors (Lipinski definition) is 4. The van der Waals surface area contributed by atoms with Crippen LogP contribution >= 0.6 is 0 Å². The van der Waals surface area contributed by atoms with Crippen molar-refractivity contribution in [2.45, 2.75) is 79.4 Å². The average molecular weight is 588 g/mol. The fourth-order valence-electron chi connectivity index (χ4n) is 5.68. The highest BCUT2D eigenvalue weighted by Gasteiger charge is 2.69. The van der Waals surface area contributed by atoms with Gasteiger partial charge in [-0.25, -0.2) is 9.59 Å². The molecule has 1 aliphatic heterocycles. The molecule has 12 nitrogen and oxygen atoms in total. The van der Waals surface area contributed by atoms with Gasteiger partial charge in [-0.3, -0.25) is 19.2 Å². The third kappa shape index (κ3) is 7.19. The van der Waals surface area contributed by atoms with Crippen molar-refractivity contribution in [3.63, 3.8) is 0 Å². The van der Waals surface area contributed by atoms with E-state index in [1.54, 1.807) is 40.7 Å². The van der Waals surface area contributed by atoms with Gasteiger partial charge in [0.1, 0.15) is 24.7 Å². The van der Waals surface area contributed by atoms with Crippen LogP contribution in [0.15, 0.2) is 24.4 Å². The molecule has 1 saturated heterocycles. The monoisotopic (exact) mass is 587 g/mol. The number of urea groups is 1. The fraction of sp³-hybridized carbons (Fsp3) is 0.667. The number of esters is 1. The molecule has 3 rings (SSSR count). The molecule has 2 saturated carbocycles. The van der Waals surface area contributed by atoms with Crippen LogP contribution in [-0.2, 0) is 28.7 Å². The fourth-order valence-corrected chi connectivity index (χ4v) is 5.68. The van der Waals surface area contributed by atoms with Crippen LogP contribution in [0.25, 0.3) is 0 Å². The lowest BCUT2D eigenvalue weighted by molar-refractivity contribution is -0.145. The topological polar surface area (TPSA) is 177 Å². The van der Waals surface area contributed by atoms with Gasteiger partial charge in [0, 0.05) is 6.54 Å². The number of carbonyl (C=O) groups is 6. The molecule has 42 heavy (non-hydrogen) atoms. The number of nitrogens with zero attached hydrogens (tertiary/aromatic N) is 1. The Bertz CT molecular complexity index is 1180. The number of rotatable bonds is 12. The van der Waals surface area contributed by atoms with E-state index in [1.165, 1.54) is 11.0 Å². The number of carbonyl (C=O) groups excluding carboxylic acids is 6. The Morgan fingerprint density at radius 3 is 2.21 bits per heavy atom. The minimum atomic E-state index is -1.18. The van der Waals surface area contributed by atoms with Gasteiger partial charge in [0.05, 0.1) is 5.70 Å². The zero-order valence-corrected chi connectivity index (χ0v) is 25.6. The van der Waals surface area contributed by atoms with Gasteiger partial charge in [-0.2, -0.15) is 0 Å². The number of likely N-dealkylation sites (tertiary alicyclic amines) is 1. The van der Waals surface area contributed by atoms with Crippen LogP contribution in [0.4, 0.5) is 4.79 Å². The number of fused-ring (bicyclic) bond motifs is 1. The summed E-state index contributed by atoms with van der Waals surface area (Å²) in [5, 5.41) is 7.93. The molecule has 0 bridgehead atoms. The Morgan fingerprint density at radius 2 is 1.71 bits per heavy atom. The Balaban J connectivity index is 1.83. The van der Waals surface area contributed by atoms with Crippen LogP contribution in [0.5, 0.6) is 0 Å². The summed E-state index contributed by atoms with van der Waals surface area (Å²) in [6, 6.07) is -3.67. The molecule has 5 N–H and O–H groups in total. The van der Waals surface area contributed by atoms with E-state index in [1.807, 2.05) is 13.8 Å². The molecule has 0 aromatic rings. The van der Waals surface area contributed by atoms with E-state index in [4.69, 9.17) is 10.5 Å². The Kier molecular flexibility index (Phi) is 9.58. The normalized spacial score (nSPS) is 24.1. The van der Waals surface area contributed by atoms with E-state index in [0.717, 1.165) is 12.8 Å². The molecule has 12 heteroatoms. The number of hydrogen-bond acceptors (Lipinski definition) is 7. The van der Waals surface area contributed by atoms with Crippen molar-refractivity contribution >= 4 is 35.5 Å². The molecule has 3 fully saturated rings. The summed E-state index contributed by atoms with van der Waals surface area (Å²) in [6.45, 7) is 16.7. The minimum Gasteiger partial charge on any atom is -0.460 e. The summed E-state index contributed by atoms with van der Waals surface area (Å²) >= 11 is 0. The van der Waals surface area contributed by atoms with Gasteiger partial charge < -0.3 is 31.3 Å². The highest BCUT2D eigenvalue weighted by molar-refractivity contribution is 6.42. The van der Waals surface area contributed by atoms with E-state index < -0.39 is 59.0 Å². The van der Waals surface area contributed by atoms with Crippen molar-refractivity contribution in [3.05, 3.63) is 24.4 Å². The number of nitrogens with one attached hydrogen (secondary N) is 3. The Morgan fingerprint density at radius 1 is 1.10 bits per heavy atom. The smallest absolute Gasteiger partial charge is 0.329 e. The molecule has 2 aliphatic carbocycles. The van der Waals surface area contributed by atoms with Crippen molar-refractivity contribution < 1.29 is 33.5 Å². The molecule has 0 aromatic heterocycles. The second kappa shape index (κ2) is 12.3. The largest absolute Gasteiger partial charge is 0.460 e. The number of amides is 5. The first-order chi connectivity index (χ1) is 19.4. The summed E-state index contributed by atoms with van der Waals surface area (Å²) in [6.07, 6.45) is 4.65. The number of Topliss-reactive ketones (excluding diaryl/α,β-unsaturated/α-hetero) is 1. The van der Waals surface area contributed by atoms with Crippen LogP contribution < -0.4 is 21.7 Å². The van der Waals surface area contributed by atoms with Gasteiger partial charge in [0.2, 0.25) is 11.8 Å². The van der Waals surface area contributed by atoms with Gasteiger partial charge in [0.15, 0.2) is 0 Å². The minimum absolute atomic E-state index is 0.00581.